The second-order valence-electron chi connectivity index (χ2n) is 7.33. The summed E-state index contributed by atoms with van der Waals surface area (Å²) in [5, 5.41) is 5.12. The van der Waals surface area contributed by atoms with Crippen LogP contribution in [0.3, 0.4) is 0 Å². The Morgan fingerprint density at radius 3 is 2.73 bits per heavy atom. The van der Waals surface area contributed by atoms with Gasteiger partial charge in [0.15, 0.2) is 11.5 Å². The van der Waals surface area contributed by atoms with Gasteiger partial charge in [-0.2, -0.15) is 0 Å². The van der Waals surface area contributed by atoms with Crippen LogP contribution in [0, 0.1) is 0 Å². The largest absolute Gasteiger partial charge is 0.493 e. The van der Waals surface area contributed by atoms with Crippen LogP contribution in [-0.2, 0) is 9.53 Å². The molecule has 0 bridgehead atoms. The fraction of sp³-hybridized carbons (Fsp3) is 0.435. The van der Waals surface area contributed by atoms with Crippen LogP contribution < -0.4 is 14.8 Å². The maximum atomic E-state index is 12.4. The Labute approximate surface area is 182 Å². The third kappa shape index (κ3) is 6.32. The molecule has 0 aliphatic carbocycles. The number of carbonyl (C=O) groups excluding carboxylic acids is 1. The van der Waals surface area contributed by atoms with Gasteiger partial charge >= 0.3 is 0 Å². The number of benzene rings is 1. The first kappa shape index (κ1) is 22.3. The van der Waals surface area contributed by atoms with Crippen molar-refractivity contribution in [1.29, 1.82) is 0 Å². The molecule has 2 heterocycles. The maximum Gasteiger partial charge on any atom is 0.244 e. The highest BCUT2D eigenvalue weighted by Crippen LogP contribution is 2.29. The highest BCUT2D eigenvalue weighted by molar-refractivity contribution is 7.10. The molecule has 1 aromatic carbocycles. The van der Waals surface area contributed by atoms with Gasteiger partial charge in [-0.25, -0.2) is 0 Å². The van der Waals surface area contributed by atoms with Crippen molar-refractivity contribution in [1.82, 2.24) is 10.2 Å². The van der Waals surface area contributed by atoms with Crippen molar-refractivity contribution in [2.75, 3.05) is 40.0 Å². The lowest BCUT2D eigenvalue weighted by Gasteiger charge is -2.34. The summed E-state index contributed by atoms with van der Waals surface area (Å²) in [6.07, 6.45) is 3.41. The highest BCUT2D eigenvalue weighted by Gasteiger charge is 2.23. The number of methoxy groups -OCH3 is 1. The fourth-order valence-electron chi connectivity index (χ4n) is 3.35. The molecule has 162 valence electrons. The van der Waals surface area contributed by atoms with E-state index in [0.29, 0.717) is 18.0 Å². The van der Waals surface area contributed by atoms with E-state index in [4.69, 9.17) is 14.2 Å². The molecule has 1 aromatic heterocycles. The molecule has 0 spiro atoms. The molecule has 1 unspecified atom stereocenters. The molecule has 2 aromatic rings. The Hall–Kier alpha value is -2.35. The van der Waals surface area contributed by atoms with Gasteiger partial charge in [-0.15, -0.1) is 11.3 Å². The Morgan fingerprint density at radius 1 is 1.27 bits per heavy atom. The van der Waals surface area contributed by atoms with Gasteiger partial charge in [0.05, 0.1) is 32.5 Å². The van der Waals surface area contributed by atoms with Gasteiger partial charge < -0.3 is 19.5 Å². The molecule has 0 saturated carbocycles. The Kier molecular flexibility index (Phi) is 8.30. The summed E-state index contributed by atoms with van der Waals surface area (Å²) >= 11 is 1.72. The van der Waals surface area contributed by atoms with Gasteiger partial charge in [0.2, 0.25) is 5.91 Å². The van der Waals surface area contributed by atoms with Crippen LogP contribution in [0.1, 0.15) is 30.3 Å². The number of hydrogen-bond acceptors (Lipinski definition) is 6. The standard InChI is InChI=1S/C23H30N2O4S/c1-17(2)29-20-8-6-18(15-21(20)27-3)7-9-23(26)24-16-19(22-5-4-14-30-22)25-10-12-28-13-11-25/h4-9,14-15,17,19H,10-13,16H2,1-3H3,(H,24,26)/b9-7+. The second kappa shape index (κ2) is 11.2. The molecule has 1 amide bonds. The number of thiophene rings is 1. The van der Waals surface area contributed by atoms with E-state index >= 15 is 0 Å². The number of nitrogens with one attached hydrogen (secondary N) is 1. The Balaban J connectivity index is 1.60. The van der Waals surface area contributed by atoms with E-state index in [1.807, 2.05) is 32.0 Å². The zero-order chi connectivity index (χ0) is 21.3. The van der Waals surface area contributed by atoms with Crippen LogP contribution in [0.5, 0.6) is 11.5 Å². The number of hydrogen-bond donors (Lipinski definition) is 1. The summed E-state index contributed by atoms with van der Waals surface area (Å²) in [4.78, 5) is 16.1. The summed E-state index contributed by atoms with van der Waals surface area (Å²) < 4.78 is 16.6. The molecule has 0 radical (unpaired) electrons. The van der Waals surface area contributed by atoms with Crippen LogP contribution in [0.4, 0.5) is 0 Å². The Morgan fingerprint density at radius 2 is 2.07 bits per heavy atom. The van der Waals surface area contributed by atoms with Crippen LogP contribution in [-0.4, -0.2) is 56.9 Å². The molecule has 1 atom stereocenters. The third-order valence-electron chi connectivity index (χ3n) is 4.81. The number of ether oxygens (including phenoxy) is 3. The third-order valence-corrected chi connectivity index (χ3v) is 5.78. The summed E-state index contributed by atoms with van der Waals surface area (Å²) in [6, 6.07) is 9.98. The van der Waals surface area contributed by atoms with Gasteiger partial charge in [-0.3, -0.25) is 9.69 Å². The lowest BCUT2D eigenvalue weighted by molar-refractivity contribution is -0.116. The van der Waals surface area contributed by atoms with Gasteiger partial charge in [0.25, 0.3) is 0 Å². The summed E-state index contributed by atoms with van der Waals surface area (Å²) in [6.45, 7) is 7.71. The van der Waals surface area contributed by atoms with Gasteiger partial charge in [-0.05, 0) is 49.1 Å². The Bertz CT molecular complexity index is 830. The molecule has 7 heteroatoms. The van der Waals surface area contributed by atoms with Crippen molar-refractivity contribution >= 4 is 23.3 Å². The molecule has 1 N–H and O–H groups in total. The van der Waals surface area contributed by atoms with Gasteiger partial charge in [0, 0.05) is 30.6 Å². The van der Waals surface area contributed by atoms with Crippen molar-refractivity contribution in [2.45, 2.75) is 26.0 Å². The zero-order valence-corrected chi connectivity index (χ0v) is 18.6. The number of carbonyl (C=O) groups is 1. The molecule has 6 nitrogen and oxygen atoms in total. The second-order valence-corrected chi connectivity index (χ2v) is 8.31. The summed E-state index contributed by atoms with van der Waals surface area (Å²) in [5.74, 6) is 1.22. The zero-order valence-electron chi connectivity index (χ0n) is 17.8. The first-order valence-electron chi connectivity index (χ1n) is 10.2. The average Bonchev–Trinajstić information content (AvgIpc) is 3.28. The lowest BCUT2D eigenvalue weighted by Crippen LogP contribution is -2.43. The first-order valence-corrected chi connectivity index (χ1v) is 11.1. The molecule has 1 fully saturated rings. The quantitative estimate of drug-likeness (QED) is 0.614. The number of nitrogens with zero attached hydrogens (tertiary/aromatic N) is 1. The smallest absolute Gasteiger partial charge is 0.244 e. The van der Waals surface area contributed by atoms with E-state index in [1.54, 1.807) is 30.6 Å². The van der Waals surface area contributed by atoms with Crippen molar-refractivity contribution in [3.05, 3.63) is 52.2 Å². The van der Waals surface area contributed by atoms with Crippen molar-refractivity contribution in [3.8, 4) is 11.5 Å². The van der Waals surface area contributed by atoms with Gasteiger partial charge in [-0.1, -0.05) is 12.1 Å². The highest BCUT2D eigenvalue weighted by atomic mass is 32.1. The fourth-order valence-corrected chi connectivity index (χ4v) is 4.21. The molecular weight excluding hydrogens is 400 g/mol. The monoisotopic (exact) mass is 430 g/mol. The molecule has 1 aliphatic rings. The van der Waals surface area contributed by atoms with Gasteiger partial charge in [0.1, 0.15) is 0 Å². The van der Waals surface area contributed by atoms with E-state index in [2.05, 4.69) is 27.7 Å². The molecule has 1 saturated heterocycles. The maximum absolute atomic E-state index is 12.4. The van der Waals surface area contributed by atoms with Crippen LogP contribution in [0.25, 0.3) is 6.08 Å². The molecular formula is C23H30N2O4S. The minimum absolute atomic E-state index is 0.0637. The predicted octanol–water partition coefficient (Wildman–Crippen LogP) is 3.75. The minimum atomic E-state index is -0.119. The number of morpholine rings is 1. The number of amides is 1. The van der Waals surface area contributed by atoms with Crippen LogP contribution in [0.15, 0.2) is 41.8 Å². The SMILES string of the molecule is COc1cc(/C=C/C(=O)NCC(c2cccs2)N2CCOCC2)ccc1OC(C)C. The molecule has 3 rings (SSSR count). The molecule has 1 aliphatic heterocycles. The van der Waals surface area contributed by atoms with E-state index < -0.39 is 0 Å². The molecule has 30 heavy (non-hydrogen) atoms. The lowest BCUT2D eigenvalue weighted by atomic mass is 10.1. The van der Waals surface area contributed by atoms with Crippen molar-refractivity contribution in [3.63, 3.8) is 0 Å². The van der Waals surface area contributed by atoms with E-state index in [9.17, 15) is 4.79 Å². The average molecular weight is 431 g/mol. The minimum Gasteiger partial charge on any atom is -0.493 e. The van der Waals surface area contributed by atoms with Crippen molar-refractivity contribution in [2.24, 2.45) is 0 Å². The summed E-state index contributed by atoms with van der Waals surface area (Å²) in [5.41, 5.74) is 0.876. The van der Waals surface area contributed by atoms with E-state index in [0.717, 1.165) is 31.9 Å². The van der Waals surface area contributed by atoms with Crippen LogP contribution in [0.2, 0.25) is 0 Å². The number of rotatable bonds is 9. The first-order chi connectivity index (χ1) is 14.6. The summed E-state index contributed by atoms with van der Waals surface area (Å²) in [7, 11) is 1.61. The van der Waals surface area contributed by atoms with Crippen molar-refractivity contribution < 1.29 is 19.0 Å². The normalized spacial score (nSPS) is 16.0. The van der Waals surface area contributed by atoms with E-state index in [1.165, 1.54) is 4.88 Å². The predicted molar refractivity (Wildman–Crippen MR) is 120 cm³/mol. The van der Waals surface area contributed by atoms with Crippen LogP contribution >= 0.6 is 11.3 Å². The van der Waals surface area contributed by atoms with E-state index in [-0.39, 0.29) is 18.1 Å². The topological polar surface area (TPSA) is 60.0 Å².